The SMILES string of the molecule is Cc1cc(Cl)cc(C(N)C#N)c1. The minimum atomic E-state index is -0.581. The third-order valence-corrected chi connectivity index (χ3v) is 1.78. The Labute approximate surface area is 76.6 Å². The molecule has 0 radical (unpaired) electrons. The van der Waals surface area contributed by atoms with Crippen LogP contribution in [0.5, 0.6) is 0 Å². The molecule has 0 saturated carbocycles. The lowest BCUT2D eigenvalue weighted by molar-refractivity contribution is 0.924. The van der Waals surface area contributed by atoms with Crippen LogP contribution in [0.2, 0.25) is 5.02 Å². The lowest BCUT2D eigenvalue weighted by Gasteiger charge is -2.04. The number of rotatable bonds is 1. The molecule has 12 heavy (non-hydrogen) atoms. The van der Waals surface area contributed by atoms with E-state index >= 15 is 0 Å². The Kier molecular flexibility index (Phi) is 2.69. The van der Waals surface area contributed by atoms with Gasteiger partial charge in [0.05, 0.1) is 6.07 Å². The number of aryl methyl sites for hydroxylation is 1. The maximum absolute atomic E-state index is 8.55. The summed E-state index contributed by atoms with van der Waals surface area (Å²) in [6.45, 7) is 1.92. The first kappa shape index (κ1) is 9.05. The third kappa shape index (κ3) is 1.97. The van der Waals surface area contributed by atoms with Gasteiger partial charge in [-0.25, -0.2) is 0 Å². The molecule has 3 heteroatoms. The standard InChI is InChI=1S/C9H9ClN2/c1-6-2-7(9(12)5-11)4-8(10)3-6/h2-4,9H,12H2,1H3. The predicted molar refractivity (Wildman–Crippen MR) is 48.7 cm³/mol. The Balaban J connectivity index is 3.10. The molecule has 1 aromatic carbocycles. The molecule has 0 saturated heterocycles. The summed E-state index contributed by atoms with van der Waals surface area (Å²) in [4.78, 5) is 0. The van der Waals surface area contributed by atoms with Crippen LogP contribution in [0.4, 0.5) is 0 Å². The van der Waals surface area contributed by atoms with Crippen LogP contribution in [0.25, 0.3) is 0 Å². The van der Waals surface area contributed by atoms with Gasteiger partial charge >= 0.3 is 0 Å². The molecule has 2 nitrogen and oxygen atoms in total. The number of halogens is 1. The Bertz CT molecular complexity index is 308. The zero-order valence-corrected chi connectivity index (χ0v) is 7.47. The lowest BCUT2D eigenvalue weighted by Crippen LogP contribution is -2.07. The molecule has 0 aliphatic carbocycles. The topological polar surface area (TPSA) is 49.8 Å². The van der Waals surface area contributed by atoms with Crippen molar-refractivity contribution in [3.8, 4) is 6.07 Å². The Hall–Kier alpha value is -1.04. The van der Waals surface area contributed by atoms with Crippen LogP contribution in [0.1, 0.15) is 17.2 Å². The van der Waals surface area contributed by atoms with E-state index in [4.69, 9.17) is 22.6 Å². The largest absolute Gasteiger partial charge is 0.312 e. The van der Waals surface area contributed by atoms with Gasteiger partial charge in [-0.2, -0.15) is 5.26 Å². The van der Waals surface area contributed by atoms with Crippen molar-refractivity contribution >= 4 is 11.6 Å². The molecule has 0 aliphatic rings. The van der Waals surface area contributed by atoms with Crippen molar-refractivity contribution in [2.45, 2.75) is 13.0 Å². The van der Waals surface area contributed by atoms with Gasteiger partial charge in [0.2, 0.25) is 0 Å². The van der Waals surface area contributed by atoms with E-state index in [0.29, 0.717) is 5.02 Å². The van der Waals surface area contributed by atoms with E-state index < -0.39 is 6.04 Å². The average molecular weight is 181 g/mol. The van der Waals surface area contributed by atoms with E-state index in [0.717, 1.165) is 11.1 Å². The zero-order chi connectivity index (χ0) is 9.14. The van der Waals surface area contributed by atoms with Crippen LogP contribution < -0.4 is 5.73 Å². The van der Waals surface area contributed by atoms with Crippen molar-refractivity contribution in [3.63, 3.8) is 0 Å². The molecule has 0 aliphatic heterocycles. The zero-order valence-electron chi connectivity index (χ0n) is 6.71. The van der Waals surface area contributed by atoms with E-state index in [1.54, 1.807) is 6.07 Å². The molecular formula is C9H9ClN2. The minimum Gasteiger partial charge on any atom is -0.312 e. The fraction of sp³-hybridized carbons (Fsp3) is 0.222. The molecule has 62 valence electrons. The second kappa shape index (κ2) is 3.57. The smallest absolute Gasteiger partial charge is 0.118 e. The quantitative estimate of drug-likeness (QED) is 0.720. The van der Waals surface area contributed by atoms with E-state index in [1.165, 1.54) is 0 Å². The van der Waals surface area contributed by atoms with Crippen molar-refractivity contribution in [1.82, 2.24) is 0 Å². The maximum atomic E-state index is 8.55. The molecule has 2 N–H and O–H groups in total. The summed E-state index contributed by atoms with van der Waals surface area (Å²) in [7, 11) is 0. The Morgan fingerprint density at radius 1 is 1.50 bits per heavy atom. The Morgan fingerprint density at radius 2 is 2.17 bits per heavy atom. The van der Waals surface area contributed by atoms with Gasteiger partial charge in [0.15, 0.2) is 0 Å². The highest BCUT2D eigenvalue weighted by Gasteiger charge is 2.04. The highest BCUT2D eigenvalue weighted by molar-refractivity contribution is 6.30. The summed E-state index contributed by atoms with van der Waals surface area (Å²) >= 11 is 5.79. The van der Waals surface area contributed by atoms with Crippen LogP contribution >= 0.6 is 11.6 Å². The first-order valence-corrected chi connectivity index (χ1v) is 3.93. The van der Waals surface area contributed by atoms with Crippen LogP contribution in [-0.2, 0) is 0 Å². The number of benzene rings is 1. The van der Waals surface area contributed by atoms with Gasteiger partial charge in [-0.1, -0.05) is 17.7 Å². The second-order valence-electron chi connectivity index (χ2n) is 2.67. The van der Waals surface area contributed by atoms with Crippen LogP contribution in [0.15, 0.2) is 18.2 Å². The summed E-state index contributed by atoms with van der Waals surface area (Å²) in [6.07, 6.45) is 0. The first-order valence-electron chi connectivity index (χ1n) is 3.56. The van der Waals surface area contributed by atoms with Crippen molar-refractivity contribution in [3.05, 3.63) is 34.3 Å². The van der Waals surface area contributed by atoms with Crippen molar-refractivity contribution < 1.29 is 0 Å². The molecule has 0 amide bonds. The highest BCUT2D eigenvalue weighted by atomic mass is 35.5. The molecule has 0 spiro atoms. The summed E-state index contributed by atoms with van der Waals surface area (Å²) in [5, 5.41) is 9.17. The van der Waals surface area contributed by atoms with Gasteiger partial charge in [0.1, 0.15) is 6.04 Å². The van der Waals surface area contributed by atoms with E-state index in [-0.39, 0.29) is 0 Å². The van der Waals surface area contributed by atoms with Gasteiger partial charge in [-0.15, -0.1) is 0 Å². The summed E-state index contributed by atoms with van der Waals surface area (Å²) in [5.74, 6) is 0. The Morgan fingerprint density at radius 3 is 2.67 bits per heavy atom. The van der Waals surface area contributed by atoms with Gasteiger partial charge in [-0.3, -0.25) is 0 Å². The molecule has 1 rings (SSSR count). The van der Waals surface area contributed by atoms with E-state index in [2.05, 4.69) is 0 Å². The fourth-order valence-electron chi connectivity index (χ4n) is 1.02. The van der Waals surface area contributed by atoms with Gasteiger partial charge in [0, 0.05) is 5.02 Å². The number of hydrogen-bond acceptors (Lipinski definition) is 2. The second-order valence-corrected chi connectivity index (χ2v) is 3.11. The van der Waals surface area contributed by atoms with Crippen LogP contribution in [0.3, 0.4) is 0 Å². The predicted octanol–water partition coefficient (Wildman–Crippen LogP) is 2.17. The van der Waals surface area contributed by atoms with E-state index in [1.807, 2.05) is 25.1 Å². The molecule has 0 fully saturated rings. The van der Waals surface area contributed by atoms with Crippen molar-refractivity contribution in [2.24, 2.45) is 5.73 Å². The fourth-order valence-corrected chi connectivity index (χ4v) is 1.32. The molecule has 1 unspecified atom stereocenters. The number of nitrogens with two attached hydrogens (primary N) is 1. The molecule has 1 aromatic rings. The summed E-state index contributed by atoms with van der Waals surface area (Å²) in [5.41, 5.74) is 7.30. The van der Waals surface area contributed by atoms with Crippen molar-refractivity contribution in [1.29, 1.82) is 5.26 Å². The molecule has 0 bridgehead atoms. The van der Waals surface area contributed by atoms with Crippen LogP contribution in [0, 0.1) is 18.3 Å². The van der Waals surface area contributed by atoms with Crippen molar-refractivity contribution in [2.75, 3.05) is 0 Å². The lowest BCUT2D eigenvalue weighted by atomic mass is 10.1. The highest BCUT2D eigenvalue weighted by Crippen LogP contribution is 2.18. The number of hydrogen-bond donors (Lipinski definition) is 1. The summed E-state index contributed by atoms with van der Waals surface area (Å²) in [6, 6.07) is 6.77. The number of nitrogens with zero attached hydrogens (tertiary/aromatic N) is 1. The monoisotopic (exact) mass is 180 g/mol. The molecular weight excluding hydrogens is 172 g/mol. The molecule has 0 heterocycles. The summed E-state index contributed by atoms with van der Waals surface area (Å²) < 4.78 is 0. The number of nitriles is 1. The molecule has 0 aromatic heterocycles. The average Bonchev–Trinajstić information content (AvgIpc) is 2.01. The van der Waals surface area contributed by atoms with Gasteiger partial charge in [-0.05, 0) is 30.2 Å². The maximum Gasteiger partial charge on any atom is 0.118 e. The first-order chi connectivity index (χ1) is 5.63. The third-order valence-electron chi connectivity index (χ3n) is 1.56. The normalized spacial score (nSPS) is 12.2. The van der Waals surface area contributed by atoms with Gasteiger partial charge < -0.3 is 5.73 Å². The van der Waals surface area contributed by atoms with Crippen LogP contribution in [-0.4, -0.2) is 0 Å². The van der Waals surface area contributed by atoms with Gasteiger partial charge in [0.25, 0.3) is 0 Å². The van der Waals surface area contributed by atoms with E-state index in [9.17, 15) is 0 Å². The molecule has 1 atom stereocenters. The minimum absolute atomic E-state index is 0.581.